The summed E-state index contributed by atoms with van der Waals surface area (Å²) in [5.41, 5.74) is 0.0146. The van der Waals surface area contributed by atoms with Crippen LogP contribution in [0.3, 0.4) is 0 Å². The van der Waals surface area contributed by atoms with Crippen LogP contribution in [0.2, 0.25) is 0 Å². The molecule has 2 amide bonds. The highest BCUT2D eigenvalue weighted by Crippen LogP contribution is 2.29. The molecule has 27 heavy (non-hydrogen) atoms. The maximum atomic E-state index is 13.7. The molecule has 2 aliphatic rings. The molecular weight excluding hydrogens is 373 g/mol. The standard InChI is InChI=1S/C18H20FN3O4S/c1-11(2)17(23)21-3-4-22(16-10-27(25,26)9-15(16)21)18(24)13-5-12(8-20)6-14(19)7-13/h5-7,11,15-16H,3-4,9-10H2,1-2H3/t15-,16+/m0/s1. The van der Waals surface area contributed by atoms with Crippen LogP contribution in [-0.2, 0) is 14.6 Å². The van der Waals surface area contributed by atoms with E-state index in [1.807, 2.05) is 0 Å². The van der Waals surface area contributed by atoms with Crippen LogP contribution < -0.4 is 0 Å². The number of nitrogens with zero attached hydrogens (tertiary/aromatic N) is 3. The van der Waals surface area contributed by atoms with E-state index in [0.717, 1.165) is 12.1 Å². The molecule has 9 heteroatoms. The lowest BCUT2D eigenvalue weighted by Crippen LogP contribution is -2.62. The van der Waals surface area contributed by atoms with Crippen molar-refractivity contribution in [3.05, 3.63) is 35.1 Å². The monoisotopic (exact) mass is 393 g/mol. The third kappa shape index (κ3) is 3.67. The fourth-order valence-electron chi connectivity index (χ4n) is 3.75. The van der Waals surface area contributed by atoms with Gasteiger partial charge in [0.25, 0.3) is 5.91 Å². The molecule has 2 saturated heterocycles. The number of carbonyl (C=O) groups is 2. The molecule has 1 aromatic rings. The first-order valence-corrected chi connectivity index (χ1v) is 10.5. The van der Waals surface area contributed by atoms with Crippen molar-refractivity contribution in [3.63, 3.8) is 0 Å². The van der Waals surface area contributed by atoms with Crippen molar-refractivity contribution in [2.75, 3.05) is 24.6 Å². The predicted octanol–water partition coefficient (Wildman–Crippen LogP) is 0.803. The Kier molecular flexibility index (Phi) is 4.95. The minimum Gasteiger partial charge on any atom is -0.335 e. The number of fused-ring (bicyclic) bond motifs is 1. The number of sulfone groups is 1. The molecule has 2 fully saturated rings. The maximum absolute atomic E-state index is 13.7. The van der Waals surface area contributed by atoms with Crippen LogP contribution in [0.15, 0.2) is 18.2 Å². The average molecular weight is 393 g/mol. The van der Waals surface area contributed by atoms with Gasteiger partial charge in [-0.25, -0.2) is 12.8 Å². The summed E-state index contributed by atoms with van der Waals surface area (Å²) >= 11 is 0. The second-order valence-electron chi connectivity index (χ2n) is 7.24. The fraction of sp³-hybridized carbons (Fsp3) is 0.500. The van der Waals surface area contributed by atoms with E-state index >= 15 is 0 Å². The van der Waals surface area contributed by atoms with Crippen LogP contribution in [0.4, 0.5) is 4.39 Å². The summed E-state index contributed by atoms with van der Waals surface area (Å²) in [5.74, 6) is -2.08. The zero-order valence-corrected chi connectivity index (χ0v) is 15.9. The Balaban J connectivity index is 1.94. The van der Waals surface area contributed by atoms with E-state index in [1.54, 1.807) is 24.8 Å². The van der Waals surface area contributed by atoms with Crippen LogP contribution in [0, 0.1) is 23.1 Å². The van der Waals surface area contributed by atoms with Crippen molar-refractivity contribution in [3.8, 4) is 6.07 Å². The van der Waals surface area contributed by atoms with E-state index in [0.29, 0.717) is 0 Å². The van der Waals surface area contributed by atoms with Gasteiger partial charge in [-0.3, -0.25) is 9.59 Å². The number of amides is 2. The first-order valence-electron chi connectivity index (χ1n) is 8.65. The molecule has 2 heterocycles. The second kappa shape index (κ2) is 6.93. The van der Waals surface area contributed by atoms with Gasteiger partial charge in [-0.1, -0.05) is 13.8 Å². The summed E-state index contributed by atoms with van der Waals surface area (Å²) < 4.78 is 38.1. The molecule has 2 aliphatic heterocycles. The average Bonchev–Trinajstić information content (AvgIpc) is 2.93. The molecule has 144 valence electrons. The van der Waals surface area contributed by atoms with Crippen LogP contribution in [0.1, 0.15) is 29.8 Å². The van der Waals surface area contributed by atoms with E-state index in [4.69, 9.17) is 5.26 Å². The minimum atomic E-state index is -3.40. The highest BCUT2D eigenvalue weighted by molar-refractivity contribution is 7.91. The van der Waals surface area contributed by atoms with Crippen molar-refractivity contribution in [1.82, 2.24) is 9.80 Å². The van der Waals surface area contributed by atoms with Crippen molar-refractivity contribution in [2.45, 2.75) is 25.9 Å². The highest BCUT2D eigenvalue weighted by atomic mass is 32.2. The molecule has 0 radical (unpaired) electrons. The number of hydrogen-bond acceptors (Lipinski definition) is 5. The third-order valence-corrected chi connectivity index (χ3v) is 6.69. The first-order chi connectivity index (χ1) is 12.6. The summed E-state index contributed by atoms with van der Waals surface area (Å²) in [4.78, 5) is 28.4. The predicted molar refractivity (Wildman–Crippen MR) is 94.9 cm³/mol. The van der Waals surface area contributed by atoms with Gasteiger partial charge < -0.3 is 9.80 Å². The van der Waals surface area contributed by atoms with Gasteiger partial charge in [0, 0.05) is 24.6 Å². The van der Waals surface area contributed by atoms with E-state index in [1.165, 1.54) is 11.0 Å². The smallest absolute Gasteiger partial charge is 0.254 e. The van der Waals surface area contributed by atoms with Crippen LogP contribution >= 0.6 is 0 Å². The van der Waals surface area contributed by atoms with Gasteiger partial charge in [-0.2, -0.15) is 5.26 Å². The van der Waals surface area contributed by atoms with Gasteiger partial charge in [0.15, 0.2) is 9.84 Å². The Bertz CT molecular complexity index is 938. The normalized spacial score (nSPS) is 23.8. The maximum Gasteiger partial charge on any atom is 0.254 e. The Morgan fingerprint density at radius 1 is 1.15 bits per heavy atom. The molecule has 0 saturated carbocycles. The molecule has 7 nitrogen and oxygen atoms in total. The lowest BCUT2D eigenvalue weighted by Gasteiger charge is -2.44. The van der Waals surface area contributed by atoms with E-state index in [-0.39, 0.29) is 47.5 Å². The topological polar surface area (TPSA) is 98.5 Å². The molecule has 0 N–H and O–H groups in total. The fourth-order valence-corrected chi connectivity index (χ4v) is 5.73. The van der Waals surface area contributed by atoms with Crippen molar-refractivity contribution < 1.29 is 22.4 Å². The minimum absolute atomic E-state index is 0.00164. The van der Waals surface area contributed by atoms with Crippen molar-refractivity contribution in [1.29, 1.82) is 5.26 Å². The molecule has 3 rings (SSSR count). The lowest BCUT2D eigenvalue weighted by atomic mass is 10.0. The van der Waals surface area contributed by atoms with E-state index in [9.17, 15) is 22.4 Å². The first kappa shape index (κ1) is 19.3. The number of carbonyl (C=O) groups excluding carboxylic acids is 2. The van der Waals surface area contributed by atoms with Gasteiger partial charge >= 0.3 is 0 Å². The van der Waals surface area contributed by atoms with Crippen molar-refractivity contribution in [2.24, 2.45) is 5.92 Å². The zero-order valence-electron chi connectivity index (χ0n) is 15.1. The summed E-state index contributed by atoms with van der Waals surface area (Å²) in [6.45, 7) is 3.87. The summed E-state index contributed by atoms with van der Waals surface area (Å²) in [6.07, 6.45) is 0. The third-order valence-electron chi connectivity index (χ3n) is 4.99. The number of benzene rings is 1. The Morgan fingerprint density at radius 2 is 1.74 bits per heavy atom. The molecular formula is C18H20FN3O4S. The van der Waals surface area contributed by atoms with Crippen LogP contribution in [0.5, 0.6) is 0 Å². The van der Waals surface area contributed by atoms with Crippen LogP contribution in [0.25, 0.3) is 0 Å². The summed E-state index contributed by atoms with van der Waals surface area (Å²) in [7, 11) is -3.40. The Labute approximate surface area is 157 Å². The number of nitriles is 1. The SMILES string of the molecule is CC(C)C(=O)N1CCN(C(=O)c2cc(F)cc(C#N)c2)[C@@H]2CS(=O)(=O)C[C@@H]21. The largest absolute Gasteiger partial charge is 0.335 e. The van der Waals surface area contributed by atoms with E-state index in [2.05, 4.69) is 0 Å². The number of halogens is 1. The van der Waals surface area contributed by atoms with Crippen LogP contribution in [-0.4, -0.2) is 66.7 Å². The molecule has 0 bridgehead atoms. The molecule has 0 spiro atoms. The summed E-state index contributed by atoms with van der Waals surface area (Å²) in [6, 6.07) is 3.87. The van der Waals surface area contributed by atoms with Gasteiger partial charge in [0.05, 0.1) is 35.2 Å². The van der Waals surface area contributed by atoms with Gasteiger partial charge in [-0.15, -0.1) is 0 Å². The number of hydrogen-bond donors (Lipinski definition) is 0. The molecule has 0 aromatic heterocycles. The number of rotatable bonds is 2. The second-order valence-corrected chi connectivity index (χ2v) is 9.39. The number of piperazine rings is 1. The van der Waals surface area contributed by atoms with Crippen molar-refractivity contribution >= 4 is 21.7 Å². The van der Waals surface area contributed by atoms with Gasteiger partial charge in [0.2, 0.25) is 5.91 Å². The molecule has 2 atom stereocenters. The Morgan fingerprint density at radius 3 is 2.33 bits per heavy atom. The Hall–Kier alpha value is -2.47. The quantitative estimate of drug-likeness (QED) is 0.740. The molecule has 0 unspecified atom stereocenters. The van der Waals surface area contributed by atoms with Gasteiger partial charge in [-0.05, 0) is 18.2 Å². The zero-order chi connectivity index (χ0) is 19.9. The van der Waals surface area contributed by atoms with Gasteiger partial charge in [0.1, 0.15) is 5.82 Å². The lowest BCUT2D eigenvalue weighted by molar-refractivity contribution is -0.139. The van der Waals surface area contributed by atoms with E-state index < -0.39 is 33.6 Å². The highest BCUT2D eigenvalue weighted by Gasteiger charge is 2.49. The molecule has 0 aliphatic carbocycles. The molecule has 1 aromatic carbocycles. The summed E-state index contributed by atoms with van der Waals surface area (Å²) in [5, 5.41) is 8.98.